The summed E-state index contributed by atoms with van der Waals surface area (Å²) in [6.45, 7) is 5.30. The number of nitrogen functional groups attached to an aromatic ring is 3. The summed E-state index contributed by atoms with van der Waals surface area (Å²) in [7, 11) is -0.513. The predicted octanol–water partition coefficient (Wildman–Crippen LogP) is 10.4. The molecule has 0 spiro atoms. The van der Waals surface area contributed by atoms with E-state index in [9.17, 15) is 57.5 Å². The summed E-state index contributed by atoms with van der Waals surface area (Å²) >= 11 is 3.03. The van der Waals surface area contributed by atoms with Gasteiger partial charge in [-0.1, -0.05) is 19.6 Å². The largest absolute Gasteiger partial charge is 0.488 e. The van der Waals surface area contributed by atoms with Crippen molar-refractivity contribution in [1.82, 2.24) is 35.1 Å². The number of nitrogens with one attached hydrogen (secondary N) is 3. The summed E-state index contributed by atoms with van der Waals surface area (Å²) < 4.78 is 51.4. The molecule has 3 aliphatic rings. The molecule has 486 valence electrons. The quantitative estimate of drug-likeness (QED) is 0.0213. The van der Waals surface area contributed by atoms with Crippen LogP contribution in [0.15, 0.2) is 151 Å². The number of carbonyl (C=O) groups excluding carboxylic acids is 2. The van der Waals surface area contributed by atoms with Gasteiger partial charge in [-0.3, -0.25) is 35.3 Å². The van der Waals surface area contributed by atoms with Crippen molar-refractivity contribution in [3.8, 4) is 33.8 Å². The van der Waals surface area contributed by atoms with Crippen molar-refractivity contribution in [2.45, 2.75) is 46.0 Å². The molecule has 0 unspecified atom stereocenters. The molecule has 3 aliphatic heterocycles. The summed E-state index contributed by atoms with van der Waals surface area (Å²) in [6, 6.07) is 27.6. The minimum Gasteiger partial charge on any atom is -0.423 e. The first-order valence-corrected chi connectivity index (χ1v) is 28.4. The predicted molar refractivity (Wildman–Crippen MR) is 347 cm³/mol. The molecule has 4 aromatic carbocycles. The van der Waals surface area contributed by atoms with Gasteiger partial charge >= 0.3 is 36.2 Å². The lowest BCUT2D eigenvalue weighted by molar-refractivity contribution is -0.384. The number of hydrogen-bond donors (Lipinski definition) is 9. The molecule has 3 saturated heterocycles. The van der Waals surface area contributed by atoms with E-state index in [1.807, 2.05) is 0 Å². The molecule has 32 heteroatoms. The highest BCUT2D eigenvalue weighted by atomic mass is 79.9. The number of nitro groups is 3. The molecule has 3 fully saturated rings. The standard InChI is InChI=1S/C16H15FN4O3.C16H17FN4O.C11H8FN3O2.C6H6BFO2.C5H4BrN3O2.C4H9N.CH4O.CH4/c17-12-5-3-11(4-6-12)13-9-14(15(10-18-13)21(23)24)19-16(22)20-7-1-2-8-20;17-12-5-3-11(4-6-12)14-9-15(13(18)10-19-14)20-16(22)21-7-1-2-8-21;12-8-3-1-7(2-4-8)10-5-9(13)11(6-14-10)15(16)17;8-6-3-1-5(2-4-6)7(9)10;6-5-1-3(7)4(2-8-5)9(10)11;1-2-4-5-3-1;1-2;/h3-6,9-10H,1-2,7-8H2,(H,18,19,22);3-6,9-10H,1-2,7-8,18H2,(H,19,20,22);1-6H,(H2,13,14);1-4,9-10H;1-2H,(H2,7,8);5H,1-4H2;2H,1H3;1H4. The van der Waals surface area contributed by atoms with E-state index in [1.54, 1.807) is 28.0 Å². The number of pyridine rings is 4. The smallest absolute Gasteiger partial charge is 0.423 e. The van der Waals surface area contributed by atoms with Crippen molar-refractivity contribution in [2.75, 3.05) is 74.2 Å². The van der Waals surface area contributed by atoms with Crippen LogP contribution in [0.25, 0.3) is 33.8 Å². The number of benzene rings is 4. The van der Waals surface area contributed by atoms with Crippen LogP contribution in [0.1, 0.15) is 46.0 Å². The average molecular weight is 1340 g/mol. The zero-order chi connectivity index (χ0) is 66.6. The number of carbonyl (C=O) groups is 2. The number of halogens is 5. The maximum absolute atomic E-state index is 13.0. The minimum absolute atomic E-state index is 0. The highest BCUT2D eigenvalue weighted by Gasteiger charge is 2.24. The molecule has 26 nitrogen and oxygen atoms in total. The fourth-order valence-corrected chi connectivity index (χ4v) is 8.65. The molecule has 0 saturated carbocycles. The van der Waals surface area contributed by atoms with Crippen molar-refractivity contribution in [3.05, 3.63) is 204 Å². The van der Waals surface area contributed by atoms with Gasteiger partial charge in [-0.15, -0.1) is 0 Å². The second-order valence-corrected chi connectivity index (χ2v) is 20.2. The Balaban J connectivity index is 0.000000245. The molecule has 0 atom stereocenters. The topological polar surface area (TPSA) is 396 Å². The first kappa shape index (κ1) is 74.2. The SMILES string of the molecule is C.C1CCNC1.CO.Nc1cc(-c2ccc(F)cc2)ncc1[N+](=O)[O-].Nc1cc(Br)ncc1[N+](=O)[O-].Nc1cnc(-c2ccc(F)cc2)cc1NC(=O)N1CCCC1.O=C(Nc1cc(-c2ccc(F)cc2)ncc1[N+](=O)[O-])N1CCCC1.OB(O)c1ccc(F)cc1. The number of aromatic nitrogens is 4. The van der Waals surface area contributed by atoms with Crippen molar-refractivity contribution >= 4 is 86.1 Å². The molecule has 0 radical (unpaired) electrons. The number of rotatable bonds is 9. The summed E-state index contributed by atoms with van der Waals surface area (Å²) in [5, 5.41) is 64.6. The van der Waals surface area contributed by atoms with Crippen LogP contribution in [0, 0.1) is 53.6 Å². The molecule has 0 aliphatic carbocycles. The number of nitrogens with zero attached hydrogens (tertiary/aromatic N) is 9. The number of nitrogens with two attached hydrogens (primary N) is 3. The van der Waals surface area contributed by atoms with Crippen LogP contribution in [0.4, 0.5) is 72.6 Å². The molecule has 8 aromatic rings. The van der Waals surface area contributed by atoms with Crippen LogP contribution in [-0.4, -0.2) is 125 Å². The molecule has 4 aromatic heterocycles. The van der Waals surface area contributed by atoms with E-state index < -0.39 is 21.9 Å². The number of hydrogen-bond acceptors (Lipinski definition) is 19. The van der Waals surface area contributed by atoms with E-state index >= 15 is 0 Å². The Hall–Kier alpha value is -10.3. The van der Waals surface area contributed by atoms with Crippen LogP contribution in [-0.2, 0) is 0 Å². The van der Waals surface area contributed by atoms with Crippen LogP contribution in [0.3, 0.4) is 0 Å². The van der Waals surface area contributed by atoms with Gasteiger partial charge < -0.3 is 58.1 Å². The van der Waals surface area contributed by atoms with Crippen LogP contribution < -0.4 is 38.6 Å². The molecule has 4 amide bonds. The van der Waals surface area contributed by atoms with E-state index in [1.165, 1.54) is 135 Å². The summed E-state index contributed by atoms with van der Waals surface area (Å²) in [6.07, 6.45) is 11.5. The number of anilines is 5. The van der Waals surface area contributed by atoms with E-state index in [0.29, 0.717) is 62.7 Å². The molecule has 92 heavy (non-hydrogen) atoms. The fourth-order valence-electron chi connectivity index (χ4n) is 8.30. The highest BCUT2D eigenvalue weighted by Crippen LogP contribution is 2.31. The maximum Gasteiger partial charge on any atom is 0.488 e. The Bertz CT molecular complexity index is 3690. The number of aliphatic hydroxyl groups excluding tert-OH is 1. The van der Waals surface area contributed by atoms with Crippen LogP contribution in [0.5, 0.6) is 0 Å². The molecular formula is C60H67BBrF4N15O11. The van der Waals surface area contributed by atoms with Gasteiger partial charge in [0.25, 0.3) is 0 Å². The third-order valence-electron chi connectivity index (χ3n) is 13.0. The lowest BCUT2D eigenvalue weighted by Crippen LogP contribution is -2.32. The lowest BCUT2D eigenvalue weighted by Gasteiger charge is -2.17. The Kier molecular flexibility index (Phi) is 30.4. The number of likely N-dealkylation sites (tertiary alicyclic amines) is 2. The van der Waals surface area contributed by atoms with Crippen molar-refractivity contribution in [3.63, 3.8) is 0 Å². The highest BCUT2D eigenvalue weighted by molar-refractivity contribution is 9.10. The molecular weight excluding hydrogens is 1270 g/mol. The van der Waals surface area contributed by atoms with Gasteiger partial charge in [0.15, 0.2) is 0 Å². The monoisotopic (exact) mass is 1340 g/mol. The first-order valence-electron chi connectivity index (χ1n) is 27.6. The maximum atomic E-state index is 13.0. The Morgan fingerprint density at radius 2 is 0.848 bits per heavy atom. The van der Waals surface area contributed by atoms with Gasteiger partial charge in [-0.2, -0.15) is 0 Å². The van der Waals surface area contributed by atoms with Gasteiger partial charge in [-0.05, 0) is 176 Å². The third kappa shape index (κ3) is 23.6. The number of urea groups is 2. The number of amides is 4. The Labute approximate surface area is 534 Å². The summed E-state index contributed by atoms with van der Waals surface area (Å²) in [5.41, 5.74) is 21.0. The van der Waals surface area contributed by atoms with Gasteiger partial charge in [0.1, 0.15) is 63.5 Å². The Morgan fingerprint density at radius 3 is 1.21 bits per heavy atom. The minimum atomic E-state index is -1.51. The third-order valence-corrected chi connectivity index (χ3v) is 13.5. The zero-order valence-corrected chi connectivity index (χ0v) is 50.3. The van der Waals surface area contributed by atoms with Gasteiger partial charge in [-0.25, -0.2) is 42.1 Å². The van der Waals surface area contributed by atoms with E-state index in [-0.39, 0.29) is 76.9 Å². The van der Waals surface area contributed by atoms with Crippen LogP contribution >= 0.6 is 15.9 Å². The van der Waals surface area contributed by atoms with Crippen molar-refractivity contribution in [1.29, 1.82) is 0 Å². The van der Waals surface area contributed by atoms with E-state index in [2.05, 4.69) is 51.8 Å². The second-order valence-electron chi connectivity index (χ2n) is 19.4. The lowest BCUT2D eigenvalue weighted by atomic mass is 9.80. The zero-order valence-electron chi connectivity index (χ0n) is 48.7. The normalized spacial score (nSPS) is 12.4. The molecule has 12 N–H and O–H groups in total. The summed E-state index contributed by atoms with van der Waals surface area (Å²) in [4.78, 5) is 73.7. The molecule has 0 bridgehead atoms. The van der Waals surface area contributed by atoms with Crippen molar-refractivity contribution < 1.29 is 57.1 Å². The number of aliphatic hydroxyl groups is 1. The van der Waals surface area contributed by atoms with Gasteiger partial charge in [0.2, 0.25) is 0 Å². The Morgan fingerprint density at radius 1 is 0.511 bits per heavy atom. The molecule has 7 heterocycles. The van der Waals surface area contributed by atoms with E-state index in [0.717, 1.165) is 70.0 Å². The fraction of sp³-hybridized carbons (Fsp3) is 0.233. The van der Waals surface area contributed by atoms with Crippen molar-refractivity contribution in [2.24, 2.45) is 0 Å². The average Bonchev–Trinajstić information content (AvgIpc) is 1.54. The summed E-state index contributed by atoms with van der Waals surface area (Å²) in [5.74, 6) is -1.43. The van der Waals surface area contributed by atoms with Gasteiger partial charge in [0, 0.05) is 56.0 Å². The second kappa shape index (κ2) is 37.7. The van der Waals surface area contributed by atoms with E-state index in [4.69, 9.17) is 32.4 Å². The molecule has 11 rings (SSSR count). The van der Waals surface area contributed by atoms with Gasteiger partial charge in [0.05, 0.1) is 49.4 Å². The first-order chi connectivity index (χ1) is 43.6. The van der Waals surface area contributed by atoms with Crippen LogP contribution in [0.2, 0.25) is 0 Å².